The highest BCUT2D eigenvalue weighted by atomic mass is 15.3. The molecule has 0 radical (unpaired) electrons. The van der Waals surface area contributed by atoms with Crippen molar-refractivity contribution in [2.24, 2.45) is 0 Å². The van der Waals surface area contributed by atoms with Gasteiger partial charge in [-0.2, -0.15) is 4.98 Å². The van der Waals surface area contributed by atoms with Crippen LogP contribution in [-0.2, 0) is 0 Å². The number of anilines is 2. The van der Waals surface area contributed by atoms with Crippen molar-refractivity contribution in [2.75, 3.05) is 36.8 Å². The molecule has 3 heterocycles. The molecule has 0 aromatic carbocycles. The fourth-order valence-electron chi connectivity index (χ4n) is 2.24. The monoisotopic (exact) mass is 232 g/mol. The number of aryl methyl sites for hydroxylation is 1. The first-order chi connectivity index (χ1) is 8.24. The summed E-state index contributed by atoms with van der Waals surface area (Å²) in [5.74, 6) is 0.325. The van der Waals surface area contributed by atoms with Crippen molar-refractivity contribution in [1.82, 2.24) is 19.9 Å². The van der Waals surface area contributed by atoms with Crippen LogP contribution in [0.2, 0.25) is 0 Å². The molecule has 6 heteroatoms. The first-order valence-electron chi connectivity index (χ1n) is 5.82. The van der Waals surface area contributed by atoms with E-state index in [4.69, 9.17) is 5.73 Å². The van der Waals surface area contributed by atoms with Gasteiger partial charge in [-0.25, -0.2) is 4.52 Å². The predicted molar refractivity (Wildman–Crippen MR) is 67.2 cm³/mol. The van der Waals surface area contributed by atoms with Crippen LogP contribution in [0.4, 0.5) is 11.6 Å². The predicted octanol–water partition coefficient (Wildman–Crippen LogP) is 0.0295. The van der Waals surface area contributed by atoms with Crippen molar-refractivity contribution in [3.05, 3.63) is 17.8 Å². The van der Waals surface area contributed by atoms with Gasteiger partial charge in [0.2, 0.25) is 5.95 Å². The first-order valence-corrected chi connectivity index (χ1v) is 5.82. The van der Waals surface area contributed by atoms with Crippen molar-refractivity contribution in [1.29, 1.82) is 0 Å². The van der Waals surface area contributed by atoms with E-state index in [2.05, 4.69) is 26.4 Å². The summed E-state index contributed by atoms with van der Waals surface area (Å²) in [6.45, 7) is 6.13. The Kier molecular flexibility index (Phi) is 2.36. The highest BCUT2D eigenvalue weighted by Crippen LogP contribution is 2.19. The minimum Gasteiger partial charge on any atom is -0.368 e. The van der Waals surface area contributed by atoms with Crippen LogP contribution in [0.1, 0.15) is 5.56 Å². The second kappa shape index (κ2) is 3.89. The molecule has 3 N–H and O–H groups in total. The molecule has 0 amide bonds. The van der Waals surface area contributed by atoms with Crippen molar-refractivity contribution in [2.45, 2.75) is 6.92 Å². The number of nitrogens with zero attached hydrogens (tertiary/aromatic N) is 4. The molecule has 2 aromatic rings. The number of nitrogens with two attached hydrogens (primary N) is 1. The number of hydrogen-bond acceptors (Lipinski definition) is 5. The zero-order valence-electron chi connectivity index (χ0n) is 9.85. The van der Waals surface area contributed by atoms with Crippen LogP contribution in [0.5, 0.6) is 0 Å². The van der Waals surface area contributed by atoms with Gasteiger partial charge in [0.1, 0.15) is 0 Å². The maximum absolute atomic E-state index is 5.62. The Morgan fingerprint density at radius 3 is 2.88 bits per heavy atom. The molecule has 0 atom stereocenters. The summed E-state index contributed by atoms with van der Waals surface area (Å²) in [5, 5.41) is 7.51. The third-order valence-corrected chi connectivity index (χ3v) is 3.10. The van der Waals surface area contributed by atoms with Crippen LogP contribution >= 0.6 is 0 Å². The van der Waals surface area contributed by atoms with E-state index < -0.39 is 0 Å². The number of nitrogens with one attached hydrogen (secondary N) is 1. The third kappa shape index (κ3) is 1.80. The van der Waals surface area contributed by atoms with E-state index in [0.717, 1.165) is 37.4 Å². The average molecular weight is 232 g/mol. The van der Waals surface area contributed by atoms with Gasteiger partial charge in [0.15, 0.2) is 5.65 Å². The lowest BCUT2D eigenvalue weighted by atomic mass is 10.2. The molecule has 1 aliphatic rings. The van der Waals surface area contributed by atoms with Crippen molar-refractivity contribution in [3.63, 3.8) is 0 Å². The molecule has 2 aromatic heterocycles. The maximum atomic E-state index is 5.62. The highest BCUT2D eigenvalue weighted by Gasteiger charge is 2.13. The molecule has 0 spiro atoms. The van der Waals surface area contributed by atoms with E-state index in [9.17, 15) is 0 Å². The Balaban J connectivity index is 2.04. The van der Waals surface area contributed by atoms with Gasteiger partial charge in [0, 0.05) is 26.2 Å². The molecule has 6 nitrogen and oxygen atoms in total. The maximum Gasteiger partial charge on any atom is 0.240 e. The van der Waals surface area contributed by atoms with E-state index in [1.165, 1.54) is 5.69 Å². The molecule has 0 unspecified atom stereocenters. The molecule has 1 saturated heterocycles. The van der Waals surface area contributed by atoms with Gasteiger partial charge in [-0.15, -0.1) is 5.10 Å². The molecular formula is C11H16N6. The zero-order valence-corrected chi connectivity index (χ0v) is 9.85. The Morgan fingerprint density at radius 1 is 1.35 bits per heavy atom. The molecule has 0 aliphatic carbocycles. The number of pyridine rings is 1. The average Bonchev–Trinajstić information content (AvgIpc) is 2.71. The minimum absolute atomic E-state index is 0.325. The summed E-state index contributed by atoms with van der Waals surface area (Å²) in [4.78, 5) is 6.55. The van der Waals surface area contributed by atoms with Crippen LogP contribution in [0.3, 0.4) is 0 Å². The summed E-state index contributed by atoms with van der Waals surface area (Å²) >= 11 is 0. The Hall–Kier alpha value is -1.82. The Morgan fingerprint density at radius 2 is 2.12 bits per heavy atom. The Bertz CT molecular complexity index is 540. The summed E-state index contributed by atoms with van der Waals surface area (Å²) < 4.78 is 1.77. The van der Waals surface area contributed by atoms with E-state index in [-0.39, 0.29) is 0 Å². The number of hydrogen-bond donors (Lipinski definition) is 2. The second-order valence-electron chi connectivity index (χ2n) is 4.36. The summed E-state index contributed by atoms with van der Waals surface area (Å²) in [6.07, 6.45) is 2.00. The number of nitrogen functional groups attached to an aromatic ring is 1. The molecule has 1 aliphatic heterocycles. The van der Waals surface area contributed by atoms with Gasteiger partial charge < -0.3 is 16.0 Å². The lowest BCUT2D eigenvalue weighted by molar-refractivity contribution is 0.588. The number of fused-ring (bicyclic) bond motifs is 1. The van der Waals surface area contributed by atoms with Crippen LogP contribution in [0.15, 0.2) is 12.3 Å². The standard InChI is InChI=1S/C11H16N6/c1-8-6-9(16-4-2-13-3-5-16)7-17-10(8)14-11(12)15-17/h6-7,13H,2-5H2,1H3,(H2,12,15). The molecular weight excluding hydrogens is 216 g/mol. The van der Waals surface area contributed by atoms with Gasteiger partial charge in [-0.3, -0.25) is 0 Å². The largest absolute Gasteiger partial charge is 0.368 e. The number of rotatable bonds is 1. The number of piperazine rings is 1. The van der Waals surface area contributed by atoms with Crippen LogP contribution in [0.25, 0.3) is 5.65 Å². The van der Waals surface area contributed by atoms with Crippen LogP contribution in [-0.4, -0.2) is 40.8 Å². The van der Waals surface area contributed by atoms with Crippen LogP contribution in [0, 0.1) is 6.92 Å². The fraction of sp³-hybridized carbons (Fsp3) is 0.455. The van der Waals surface area contributed by atoms with E-state index in [1.54, 1.807) is 4.52 Å². The molecule has 3 rings (SSSR count). The van der Waals surface area contributed by atoms with Crippen molar-refractivity contribution < 1.29 is 0 Å². The molecule has 0 bridgehead atoms. The van der Waals surface area contributed by atoms with Gasteiger partial charge in [0.05, 0.1) is 11.9 Å². The normalized spacial score (nSPS) is 16.6. The second-order valence-corrected chi connectivity index (χ2v) is 4.36. The minimum atomic E-state index is 0.325. The van der Waals surface area contributed by atoms with Crippen molar-refractivity contribution in [3.8, 4) is 0 Å². The van der Waals surface area contributed by atoms with E-state index in [0.29, 0.717) is 5.95 Å². The highest BCUT2D eigenvalue weighted by molar-refractivity contribution is 5.58. The van der Waals surface area contributed by atoms with Gasteiger partial charge >= 0.3 is 0 Å². The lowest BCUT2D eigenvalue weighted by Gasteiger charge is -2.29. The fourth-order valence-corrected chi connectivity index (χ4v) is 2.24. The quantitative estimate of drug-likeness (QED) is 0.726. The van der Waals surface area contributed by atoms with Gasteiger partial charge in [0.25, 0.3) is 0 Å². The summed E-state index contributed by atoms with van der Waals surface area (Å²) in [6, 6.07) is 2.15. The summed E-state index contributed by atoms with van der Waals surface area (Å²) in [7, 11) is 0. The summed E-state index contributed by atoms with van der Waals surface area (Å²) in [5.41, 5.74) is 8.74. The number of aromatic nitrogens is 3. The van der Waals surface area contributed by atoms with Gasteiger partial charge in [-0.1, -0.05) is 0 Å². The molecule has 0 saturated carbocycles. The SMILES string of the molecule is Cc1cc(N2CCNCC2)cn2nc(N)nc12. The zero-order chi connectivity index (χ0) is 11.8. The lowest BCUT2D eigenvalue weighted by Crippen LogP contribution is -2.43. The first kappa shape index (κ1) is 10.3. The van der Waals surface area contributed by atoms with Gasteiger partial charge in [-0.05, 0) is 18.6 Å². The van der Waals surface area contributed by atoms with E-state index >= 15 is 0 Å². The topological polar surface area (TPSA) is 71.5 Å². The smallest absolute Gasteiger partial charge is 0.240 e. The molecule has 90 valence electrons. The third-order valence-electron chi connectivity index (χ3n) is 3.10. The molecule has 1 fully saturated rings. The molecule has 17 heavy (non-hydrogen) atoms. The van der Waals surface area contributed by atoms with E-state index in [1.807, 2.05) is 13.1 Å². The van der Waals surface area contributed by atoms with Crippen molar-refractivity contribution >= 4 is 17.3 Å². The van der Waals surface area contributed by atoms with Crippen LogP contribution < -0.4 is 16.0 Å². The Labute approximate surface area is 99.4 Å².